The van der Waals surface area contributed by atoms with Gasteiger partial charge in [-0.2, -0.15) is 0 Å². The Bertz CT molecular complexity index is 335. The van der Waals surface area contributed by atoms with Crippen LogP contribution in [0.3, 0.4) is 0 Å². The van der Waals surface area contributed by atoms with E-state index in [0.29, 0.717) is 13.1 Å². The molecule has 0 bridgehead atoms. The molecule has 4 nitrogen and oxygen atoms in total. The van der Waals surface area contributed by atoms with Crippen LogP contribution in [0, 0.1) is 0 Å². The van der Waals surface area contributed by atoms with E-state index >= 15 is 0 Å². The molecule has 0 aliphatic carbocycles. The largest absolute Gasteiger partial charge is 0.467 e. The fourth-order valence-electron chi connectivity index (χ4n) is 1.23. The van der Waals surface area contributed by atoms with Crippen LogP contribution in [-0.2, 0) is 11.3 Å². The lowest BCUT2D eigenvalue weighted by Gasteiger charge is -2.19. The molecule has 1 heterocycles. The Hall–Kier alpha value is -1.36. The smallest absolute Gasteiger partial charge is 0.229 e. The highest BCUT2D eigenvalue weighted by atomic mass is 32.1. The van der Waals surface area contributed by atoms with Gasteiger partial charge in [-0.15, -0.1) is 0 Å². The third-order valence-electron chi connectivity index (χ3n) is 1.99. The van der Waals surface area contributed by atoms with Crippen LogP contribution in [0.15, 0.2) is 22.8 Å². The monoisotopic (exact) mass is 226 g/mol. The summed E-state index contributed by atoms with van der Waals surface area (Å²) in [5.74, 6) is 0.689. The molecule has 82 valence electrons. The van der Waals surface area contributed by atoms with E-state index in [1.807, 2.05) is 13.0 Å². The average Bonchev–Trinajstić information content (AvgIpc) is 2.65. The molecule has 2 N–H and O–H groups in total. The van der Waals surface area contributed by atoms with Crippen LogP contribution in [0.5, 0.6) is 0 Å². The summed E-state index contributed by atoms with van der Waals surface area (Å²) in [7, 11) is 0. The summed E-state index contributed by atoms with van der Waals surface area (Å²) in [6, 6.07) is 3.62. The zero-order chi connectivity index (χ0) is 11.3. The van der Waals surface area contributed by atoms with E-state index in [0.717, 1.165) is 5.76 Å². The van der Waals surface area contributed by atoms with Crippen LogP contribution < -0.4 is 5.73 Å². The van der Waals surface area contributed by atoms with Crippen LogP contribution in [-0.4, -0.2) is 22.3 Å². The second-order valence-electron chi connectivity index (χ2n) is 3.13. The first-order valence-electron chi connectivity index (χ1n) is 4.72. The standard InChI is InChI=1S/C10H14N2O2S/c1-2-12(10(13)6-9(11)15)7-8-4-3-5-14-8/h3-5H,2,6-7H2,1H3,(H2,11,15). The Morgan fingerprint density at radius 2 is 2.40 bits per heavy atom. The van der Waals surface area contributed by atoms with Gasteiger partial charge in [0.05, 0.1) is 24.2 Å². The second kappa shape index (κ2) is 5.50. The Labute approximate surface area is 94.0 Å². The van der Waals surface area contributed by atoms with Crippen molar-refractivity contribution >= 4 is 23.1 Å². The van der Waals surface area contributed by atoms with Crippen molar-refractivity contribution in [3.8, 4) is 0 Å². The van der Waals surface area contributed by atoms with E-state index in [4.69, 9.17) is 22.4 Å². The number of rotatable bonds is 5. The predicted octanol–water partition coefficient (Wildman–Crippen LogP) is 1.30. The molecular formula is C10H14N2O2S. The molecule has 5 heteroatoms. The van der Waals surface area contributed by atoms with Crippen LogP contribution in [0.25, 0.3) is 0 Å². The van der Waals surface area contributed by atoms with E-state index < -0.39 is 0 Å². The zero-order valence-electron chi connectivity index (χ0n) is 8.60. The lowest BCUT2D eigenvalue weighted by molar-refractivity contribution is -0.130. The van der Waals surface area contributed by atoms with Gasteiger partial charge in [0.1, 0.15) is 5.76 Å². The summed E-state index contributed by atoms with van der Waals surface area (Å²) in [5, 5.41) is 0. The van der Waals surface area contributed by atoms with E-state index in [1.165, 1.54) is 0 Å². The summed E-state index contributed by atoms with van der Waals surface area (Å²) in [5.41, 5.74) is 5.32. The summed E-state index contributed by atoms with van der Waals surface area (Å²) in [4.78, 5) is 13.5. The number of amides is 1. The summed E-state index contributed by atoms with van der Waals surface area (Å²) in [6.07, 6.45) is 1.70. The molecule has 1 rings (SSSR count). The van der Waals surface area contributed by atoms with E-state index in [-0.39, 0.29) is 17.3 Å². The number of carbonyl (C=O) groups excluding carboxylic acids is 1. The normalized spacial score (nSPS) is 9.93. The van der Waals surface area contributed by atoms with E-state index in [1.54, 1.807) is 17.2 Å². The molecule has 0 saturated heterocycles. The van der Waals surface area contributed by atoms with Crippen molar-refractivity contribution in [3.05, 3.63) is 24.2 Å². The van der Waals surface area contributed by atoms with Crippen molar-refractivity contribution in [2.24, 2.45) is 5.73 Å². The van der Waals surface area contributed by atoms with E-state index in [9.17, 15) is 4.79 Å². The molecular weight excluding hydrogens is 212 g/mol. The van der Waals surface area contributed by atoms with Crippen molar-refractivity contribution in [2.75, 3.05) is 6.54 Å². The highest BCUT2D eigenvalue weighted by Gasteiger charge is 2.13. The van der Waals surface area contributed by atoms with Gasteiger partial charge in [-0.3, -0.25) is 4.79 Å². The molecule has 0 unspecified atom stereocenters. The molecule has 0 aliphatic rings. The lowest BCUT2D eigenvalue weighted by atomic mass is 10.3. The molecule has 1 aromatic rings. The first kappa shape index (κ1) is 11.7. The van der Waals surface area contributed by atoms with Gasteiger partial charge in [0.25, 0.3) is 0 Å². The highest BCUT2D eigenvalue weighted by Crippen LogP contribution is 2.06. The molecule has 0 spiro atoms. The Balaban J connectivity index is 2.56. The summed E-state index contributed by atoms with van der Waals surface area (Å²) in [6.45, 7) is 2.98. The maximum absolute atomic E-state index is 11.6. The highest BCUT2D eigenvalue weighted by molar-refractivity contribution is 7.80. The van der Waals surface area contributed by atoms with Gasteiger partial charge in [-0.05, 0) is 19.1 Å². The van der Waals surface area contributed by atoms with Crippen molar-refractivity contribution in [2.45, 2.75) is 19.9 Å². The minimum Gasteiger partial charge on any atom is -0.467 e. The van der Waals surface area contributed by atoms with Gasteiger partial charge in [0.15, 0.2) is 0 Å². The molecule has 0 aliphatic heterocycles. The fraction of sp³-hybridized carbons (Fsp3) is 0.400. The van der Waals surface area contributed by atoms with Crippen LogP contribution >= 0.6 is 12.2 Å². The lowest BCUT2D eigenvalue weighted by Crippen LogP contribution is -2.32. The van der Waals surface area contributed by atoms with Crippen molar-refractivity contribution in [3.63, 3.8) is 0 Å². The topological polar surface area (TPSA) is 59.5 Å². The van der Waals surface area contributed by atoms with E-state index in [2.05, 4.69) is 0 Å². The van der Waals surface area contributed by atoms with Gasteiger partial charge in [-0.25, -0.2) is 0 Å². The molecule has 1 amide bonds. The number of hydrogen-bond acceptors (Lipinski definition) is 3. The molecule has 0 saturated carbocycles. The molecule has 15 heavy (non-hydrogen) atoms. The number of nitrogens with two attached hydrogens (primary N) is 1. The van der Waals surface area contributed by atoms with Crippen molar-refractivity contribution < 1.29 is 9.21 Å². The Kier molecular flexibility index (Phi) is 4.30. The third-order valence-corrected chi connectivity index (χ3v) is 2.13. The number of carbonyl (C=O) groups is 1. The predicted molar refractivity (Wildman–Crippen MR) is 61.2 cm³/mol. The summed E-state index contributed by atoms with van der Waals surface area (Å²) >= 11 is 4.69. The molecule has 0 fully saturated rings. The molecule has 1 aromatic heterocycles. The minimum atomic E-state index is -0.0681. The van der Waals surface area contributed by atoms with Gasteiger partial charge >= 0.3 is 0 Å². The van der Waals surface area contributed by atoms with Gasteiger partial charge in [-0.1, -0.05) is 12.2 Å². The van der Waals surface area contributed by atoms with Gasteiger partial charge < -0.3 is 15.1 Å². The molecule has 0 radical (unpaired) electrons. The Morgan fingerprint density at radius 1 is 1.67 bits per heavy atom. The zero-order valence-corrected chi connectivity index (χ0v) is 9.42. The number of hydrogen-bond donors (Lipinski definition) is 1. The first-order valence-corrected chi connectivity index (χ1v) is 5.12. The summed E-state index contributed by atoms with van der Waals surface area (Å²) < 4.78 is 5.16. The number of furan rings is 1. The van der Waals surface area contributed by atoms with Crippen LogP contribution in [0.4, 0.5) is 0 Å². The van der Waals surface area contributed by atoms with Gasteiger partial charge in [0.2, 0.25) is 5.91 Å². The average molecular weight is 226 g/mol. The first-order chi connectivity index (χ1) is 7.13. The number of thiocarbonyl (C=S) groups is 1. The second-order valence-corrected chi connectivity index (χ2v) is 3.65. The number of nitrogens with zero attached hydrogens (tertiary/aromatic N) is 1. The van der Waals surface area contributed by atoms with Gasteiger partial charge in [0, 0.05) is 6.54 Å². The van der Waals surface area contributed by atoms with Crippen LogP contribution in [0.1, 0.15) is 19.1 Å². The van der Waals surface area contributed by atoms with Crippen molar-refractivity contribution in [1.29, 1.82) is 0 Å². The molecule has 0 atom stereocenters. The Morgan fingerprint density at radius 3 is 2.87 bits per heavy atom. The third kappa shape index (κ3) is 3.71. The quantitative estimate of drug-likeness (QED) is 0.769. The van der Waals surface area contributed by atoms with Crippen LogP contribution in [0.2, 0.25) is 0 Å². The SMILES string of the molecule is CCN(Cc1ccco1)C(=O)CC(N)=S. The fourth-order valence-corrected chi connectivity index (χ4v) is 1.35. The van der Waals surface area contributed by atoms with Crippen molar-refractivity contribution in [1.82, 2.24) is 4.90 Å². The maximum Gasteiger partial charge on any atom is 0.229 e. The minimum absolute atomic E-state index is 0.0681. The maximum atomic E-state index is 11.6. The molecule has 0 aromatic carbocycles.